The molecule has 1 aromatic carbocycles. The Morgan fingerprint density at radius 1 is 1.41 bits per heavy atom. The van der Waals surface area contributed by atoms with Gasteiger partial charge in [-0.2, -0.15) is 0 Å². The molecule has 0 bridgehead atoms. The number of hydrogen-bond acceptors (Lipinski definition) is 3. The molecule has 2 rings (SSSR count). The smallest absolute Gasteiger partial charge is 0.150 e. The van der Waals surface area contributed by atoms with Gasteiger partial charge in [0.25, 0.3) is 0 Å². The monoisotopic (exact) mass is 233 g/mol. The molecule has 0 atom stereocenters. The van der Waals surface area contributed by atoms with E-state index in [2.05, 4.69) is 4.98 Å². The fourth-order valence-electron chi connectivity index (χ4n) is 1.82. The quantitative estimate of drug-likeness (QED) is 0.811. The third-order valence-corrected chi connectivity index (χ3v) is 2.98. The molecule has 0 aliphatic rings. The van der Waals surface area contributed by atoms with Crippen LogP contribution in [0.4, 0.5) is 15.8 Å². The number of halogens is 1. The SMILES string of the molecule is CC(C)N(C)c1c(F)cc(N)c2cccnc12. The molecule has 0 radical (unpaired) electrons. The molecule has 0 aliphatic heterocycles. The fraction of sp³-hybridized carbons (Fsp3) is 0.308. The zero-order valence-electron chi connectivity index (χ0n) is 10.2. The predicted molar refractivity (Wildman–Crippen MR) is 69.7 cm³/mol. The van der Waals surface area contributed by atoms with Crippen molar-refractivity contribution in [2.24, 2.45) is 0 Å². The molecule has 0 spiro atoms. The molecule has 0 unspecified atom stereocenters. The second kappa shape index (κ2) is 4.20. The zero-order valence-corrected chi connectivity index (χ0v) is 10.2. The first-order chi connectivity index (χ1) is 8.02. The van der Waals surface area contributed by atoms with E-state index >= 15 is 0 Å². The molecule has 2 aromatic rings. The van der Waals surface area contributed by atoms with Crippen LogP contribution in [0.2, 0.25) is 0 Å². The van der Waals surface area contributed by atoms with Crippen LogP contribution in [-0.4, -0.2) is 18.1 Å². The maximum absolute atomic E-state index is 14.0. The number of nitrogens with zero attached hydrogens (tertiary/aromatic N) is 2. The first-order valence-electron chi connectivity index (χ1n) is 5.58. The van der Waals surface area contributed by atoms with Crippen molar-refractivity contribution in [3.05, 3.63) is 30.2 Å². The maximum Gasteiger partial charge on any atom is 0.150 e. The molecule has 1 heterocycles. The van der Waals surface area contributed by atoms with Crippen LogP contribution in [0.3, 0.4) is 0 Å². The Kier molecular flexibility index (Phi) is 2.88. The van der Waals surface area contributed by atoms with E-state index in [1.165, 1.54) is 6.07 Å². The van der Waals surface area contributed by atoms with E-state index in [0.717, 1.165) is 5.39 Å². The van der Waals surface area contributed by atoms with Crippen molar-refractivity contribution in [3.8, 4) is 0 Å². The van der Waals surface area contributed by atoms with Gasteiger partial charge in [-0.25, -0.2) is 4.39 Å². The molecular weight excluding hydrogens is 217 g/mol. The third kappa shape index (κ3) is 1.90. The van der Waals surface area contributed by atoms with E-state index in [1.807, 2.05) is 31.9 Å². The summed E-state index contributed by atoms with van der Waals surface area (Å²) in [6.07, 6.45) is 1.65. The zero-order chi connectivity index (χ0) is 12.6. The van der Waals surface area contributed by atoms with Gasteiger partial charge in [-0.05, 0) is 32.0 Å². The van der Waals surface area contributed by atoms with E-state index in [1.54, 1.807) is 12.3 Å². The highest BCUT2D eigenvalue weighted by Crippen LogP contribution is 2.32. The Morgan fingerprint density at radius 3 is 2.76 bits per heavy atom. The molecule has 2 N–H and O–H groups in total. The highest BCUT2D eigenvalue weighted by atomic mass is 19.1. The van der Waals surface area contributed by atoms with Gasteiger partial charge in [0.2, 0.25) is 0 Å². The lowest BCUT2D eigenvalue weighted by Crippen LogP contribution is -2.27. The van der Waals surface area contributed by atoms with Crippen LogP contribution < -0.4 is 10.6 Å². The maximum atomic E-state index is 14.0. The van der Waals surface area contributed by atoms with Crippen molar-refractivity contribution >= 4 is 22.3 Å². The van der Waals surface area contributed by atoms with Gasteiger partial charge in [0.15, 0.2) is 5.82 Å². The van der Waals surface area contributed by atoms with Crippen molar-refractivity contribution in [2.45, 2.75) is 19.9 Å². The summed E-state index contributed by atoms with van der Waals surface area (Å²) < 4.78 is 14.0. The second-order valence-corrected chi connectivity index (χ2v) is 4.40. The van der Waals surface area contributed by atoms with Crippen molar-refractivity contribution in [2.75, 3.05) is 17.7 Å². The van der Waals surface area contributed by atoms with Crippen molar-refractivity contribution in [1.82, 2.24) is 4.98 Å². The first kappa shape index (κ1) is 11.6. The van der Waals surface area contributed by atoms with Gasteiger partial charge < -0.3 is 10.6 Å². The Labute approximate surface area is 100 Å². The summed E-state index contributed by atoms with van der Waals surface area (Å²) in [6, 6.07) is 5.21. The number of fused-ring (bicyclic) bond motifs is 1. The van der Waals surface area contributed by atoms with Gasteiger partial charge in [0.1, 0.15) is 0 Å². The highest BCUT2D eigenvalue weighted by Gasteiger charge is 2.17. The minimum Gasteiger partial charge on any atom is -0.398 e. The topological polar surface area (TPSA) is 42.1 Å². The van der Waals surface area contributed by atoms with Gasteiger partial charge in [0, 0.05) is 30.4 Å². The molecule has 1 aromatic heterocycles. The summed E-state index contributed by atoms with van der Waals surface area (Å²) in [5.41, 5.74) is 7.34. The summed E-state index contributed by atoms with van der Waals surface area (Å²) in [7, 11) is 1.85. The van der Waals surface area contributed by atoms with E-state index in [-0.39, 0.29) is 11.9 Å². The summed E-state index contributed by atoms with van der Waals surface area (Å²) >= 11 is 0. The standard InChI is InChI=1S/C13H16FN3/c1-8(2)17(3)13-10(14)7-11(15)9-5-4-6-16-12(9)13/h4-8H,15H2,1-3H3. The highest BCUT2D eigenvalue weighted by molar-refractivity contribution is 5.98. The molecule has 17 heavy (non-hydrogen) atoms. The molecule has 0 amide bonds. The Bertz CT molecular complexity index is 552. The normalized spacial score (nSPS) is 11.1. The van der Waals surface area contributed by atoms with E-state index in [4.69, 9.17) is 5.73 Å². The average molecular weight is 233 g/mol. The van der Waals surface area contributed by atoms with Gasteiger partial charge in [0.05, 0.1) is 11.2 Å². The Morgan fingerprint density at radius 2 is 2.12 bits per heavy atom. The predicted octanol–water partition coefficient (Wildman–Crippen LogP) is 2.80. The van der Waals surface area contributed by atoms with Crippen LogP contribution in [-0.2, 0) is 0 Å². The van der Waals surface area contributed by atoms with Gasteiger partial charge >= 0.3 is 0 Å². The van der Waals surface area contributed by atoms with Crippen LogP contribution in [0.15, 0.2) is 24.4 Å². The van der Waals surface area contributed by atoms with Crippen LogP contribution in [0, 0.1) is 5.82 Å². The Balaban J connectivity index is 2.78. The van der Waals surface area contributed by atoms with Gasteiger partial charge in [-0.15, -0.1) is 0 Å². The van der Waals surface area contributed by atoms with Crippen LogP contribution in [0.1, 0.15) is 13.8 Å². The molecule has 0 fully saturated rings. The number of anilines is 2. The largest absolute Gasteiger partial charge is 0.398 e. The van der Waals surface area contributed by atoms with Gasteiger partial charge in [-0.1, -0.05) is 0 Å². The van der Waals surface area contributed by atoms with E-state index in [0.29, 0.717) is 16.9 Å². The molecule has 90 valence electrons. The first-order valence-corrected chi connectivity index (χ1v) is 5.58. The van der Waals surface area contributed by atoms with Crippen molar-refractivity contribution in [1.29, 1.82) is 0 Å². The number of hydrogen-bond donors (Lipinski definition) is 1. The fourth-order valence-corrected chi connectivity index (χ4v) is 1.82. The Hall–Kier alpha value is -1.84. The van der Waals surface area contributed by atoms with Crippen LogP contribution in [0.25, 0.3) is 10.9 Å². The molecule has 3 nitrogen and oxygen atoms in total. The molecule has 4 heteroatoms. The van der Waals surface area contributed by atoms with Gasteiger partial charge in [-0.3, -0.25) is 4.98 Å². The number of pyridine rings is 1. The lowest BCUT2D eigenvalue weighted by Gasteiger charge is -2.25. The summed E-state index contributed by atoms with van der Waals surface area (Å²) in [6.45, 7) is 4.01. The molecule has 0 saturated carbocycles. The summed E-state index contributed by atoms with van der Waals surface area (Å²) in [5.74, 6) is -0.329. The van der Waals surface area contributed by atoms with Crippen molar-refractivity contribution < 1.29 is 4.39 Å². The third-order valence-electron chi connectivity index (χ3n) is 2.98. The molecule has 0 aliphatic carbocycles. The number of nitrogens with two attached hydrogens (primary N) is 1. The number of benzene rings is 1. The summed E-state index contributed by atoms with van der Waals surface area (Å²) in [4.78, 5) is 6.11. The number of aromatic nitrogens is 1. The number of nitrogen functional groups attached to an aromatic ring is 1. The minimum absolute atomic E-state index is 0.193. The number of rotatable bonds is 2. The lowest BCUT2D eigenvalue weighted by atomic mass is 10.1. The van der Waals surface area contributed by atoms with E-state index < -0.39 is 0 Å². The van der Waals surface area contributed by atoms with E-state index in [9.17, 15) is 4.39 Å². The van der Waals surface area contributed by atoms with Crippen LogP contribution in [0.5, 0.6) is 0 Å². The molecule has 0 saturated heterocycles. The summed E-state index contributed by atoms with van der Waals surface area (Å²) in [5, 5.41) is 0.788. The minimum atomic E-state index is -0.329. The average Bonchev–Trinajstić information content (AvgIpc) is 2.28. The van der Waals surface area contributed by atoms with Crippen molar-refractivity contribution in [3.63, 3.8) is 0 Å². The van der Waals surface area contributed by atoms with Crippen LogP contribution >= 0.6 is 0 Å². The molecular formula is C13H16FN3. The lowest BCUT2D eigenvalue weighted by molar-refractivity contribution is 0.616. The second-order valence-electron chi connectivity index (χ2n) is 4.40.